The third-order valence-corrected chi connectivity index (χ3v) is 8.44. The van der Waals surface area contributed by atoms with Gasteiger partial charge in [0.25, 0.3) is 5.91 Å². The van der Waals surface area contributed by atoms with Crippen LogP contribution in [0.25, 0.3) is 16.7 Å². The van der Waals surface area contributed by atoms with E-state index in [-0.39, 0.29) is 31.8 Å². The first-order chi connectivity index (χ1) is 21.1. The number of hydrogen-bond acceptors (Lipinski definition) is 5. The van der Waals surface area contributed by atoms with Gasteiger partial charge in [-0.1, -0.05) is 83.9 Å². The Hall–Kier alpha value is -3.36. The number of benzene rings is 3. The van der Waals surface area contributed by atoms with Crippen LogP contribution in [0.2, 0.25) is 10.0 Å². The maximum Gasteiger partial charge on any atom is 0.410 e. The number of nitrogens with zero attached hydrogens (tertiary/aromatic N) is 2. The fourth-order valence-electron chi connectivity index (χ4n) is 5.40. The van der Waals surface area contributed by atoms with E-state index in [0.717, 1.165) is 40.7 Å². The first-order valence-electron chi connectivity index (χ1n) is 14.8. The molecular weight excluding hydrogens is 599 g/mol. The monoisotopic (exact) mass is 636 g/mol. The zero-order chi connectivity index (χ0) is 31.4. The van der Waals surface area contributed by atoms with Gasteiger partial charge in [-0.15, -0.1) is 0 Å². The lowest BCUT2D eigenvalue weighted by Gasteiger charge is -2.38. The first-order valence-corrected chi connectivity index (χ1v) is 15.5. The van der Waals surface area contributed by atoms with E-state index in [1.54, 1.807) is 18.1 Å². The van der Waals surface area contributed by atoms with E-state index >= 15 is 0 Å². The molecule has 1 atom stereocenters. The molecule has 1 heterocycles. The van der Waals surface area contributed by atoms with Gasteiger partial charge in [0.15, 0.2) is 0 Å². The van der Waals surface area contributed by atoms with Gasteiger partial charge >= 0.3 is 6.09 Å². The fourth-order valence-corrected chi connectivity index (χ4v) is 5.78. The predicted octanol–water partition coefficient (Wildman–Crippen LogP) is 7.85. The number of ether oxygens (including phenoxy) is 3. The SMILES string of the molecule is COCOC1CN(C(=O)OC(C)(C)C)CC(C(=O)N(Cc2cccc(Cl)c2Cl)C2CC2)=C1c1cccc(-c2ccccc2)c1. The summed E-state index contributed by atoms with van der Waals surface area (Å²) in [4.78, 5) is 31.5. The number of halogens is 2. The van der Waals surface area contributed by atoms with Crippen LogP contribution in [0, 0.1) is 0 Å². The van der Waals surface area contributed by atoms with Crippen LogP contribution in [0.4, 0.5) is 4.79 Å². The van der Waals surface area contributed by atoms with E-state index < -0.39 is 17.8 Å². The minimum Gasteiger partial charge on any atom is -0.444 e. The van der Waals surface area contributed by atoms with Gasteiger partial charge in [0, 0.05) is 30.8 Å². The average Bonchev–Trinajstić information content (AvgIpc) is 3.85. The molecule has 232 valence electrons. The molecule has 0 aromatic heterocycles. The predicted molar refractivity (Wildman–Crippen MR) is 173 cm³/mol. The molecule has 1 saturated carbocycles. The zero-order valence-electron chi connectivity index (χ0n) is 25.5. The second-order valence-corrected chi connectivity index (χ2v) is 12.9. The van der Waals surface area contributed by atoms with E-state index in [1.165, 1.54) is 0 Å². The van der Waals surface area contributed by atoms with Gasteiger partial charge in [-0.2, -0.15) is 0 Å². The van der Waals surface area contributed by atoms with Crippen LogP contribution < -0.4 is 0 Å². The molecular formula is C35H38Cl2N2O5. The highest BCUT2D eigenvalue weighted by Crippen LogP contribution is 2.38. The highest BCUT2D eigenvalue weighted by Gasteiger charge is 2.41. The summed E-state index contributed by atoms with van der Waals surface area (Å²) in [6.45, 7) is 6.00. The number of methoxy groups -OCH3 is 1. The Morgan fingerprint density at radius 2 is 1.61 bits per heavy atom. The van der Waals surface area contributed by atoms with Crippen LogP contribution in [0.15, 0.2) is 78.4 Å². The van der Waals surface area contributed by atoms with Crippen molar-refractivity contribution in [3.05, 3.63) is 99.5 Å². The van der Waals surface area contributed by atoms with Crippen molar-refractivity contribution in [2.24, 2.45) is 0 Å². The zero-order valence-corrected chi connectivity index (χ0v) is 27.0. The summed E-state index contributed by atoms with van der Waals surface area (Å²) >= 11 is 12.9. The lowest BCUT2D eigenvalue weighted by atomic mass is 9.88. The summed E-state index contributed by atoms with van der Waals surface area (Å²) in [5.41, 5.74) is 4.16. The molecule has 2 aliphatic rings. The number of amides is 2. The molecule has 3 aromatic rings. The molecule has 5 rings (SSSR count). The molecule has 2 amide bonds. The number of carbonyl (C=O) groups excluding carboxylic acids is 2. The van der Waals surface area contributed by atoms with Crippen LogP contribution in [0.3, 0.4) is 0 Å². The third kappa shape index (κ3) is 7.64. The summed E-state index contributed by atoms with van der Waals surface area (Å²) in [6, 6.07) is 23.6. The van der Waals surface area contributed by atoms with Crippen LogP contribution >= 0.6 is 23.2 Å². The minimum absolute atomic E-state index is 0.0133. The first kappa shape index (κ1) is 32.0. The molecule has 1 unspecified atom stereocenters. The number of carbonyl (C=O) groups is 2. The van der Waals surface area contributed by atoms with E-state index in [1.807, 2.05) is 86.3 Å². The topological polar surface area (TPSA) is 68.3 Å². The standard InChI is InChI=1S/C35H38Cl2N2O5/c1-35(2,3)44-34(41)38-20-28(33(40)39(27-16-17-27)19-26-14-9-15-29(36)32(26)37)31(30(21-38)43-22-42-4)25-13-8-12-24(18-25)23-10-6-5-7-11-23/h5-15,18,27,30H,16-17,19-22H2,1-4H3. The van der Waals surface area contributed by atoms with Gasteiger partial charge in [-0.25, -0.2) is 4.79 Å². The maximum atomic E-state index is 14.7. The lowest BCUT2D eigenvalue weighted by molar-refractivity contribution is -0.129. The van der Waals surface area contributed by atoms with Crippen LogP contribution in [0.5, 0.6) is 0 Å². The van der Waals surface area contributed by atoms with Crippen LogP contribution in [0.1, 0.15) is 44.7 Å². The molecule has 7 nitrogen and oxygen atoms in total. The fraction of sp³-hybridized carbons (Fsp3) is 0.371. The molecule has 9 heteroatoms. The Bertz CT molecular complexity index is 1530. The Kier molecular flexibility index (Phi) is 10.0. The second-order valence-electron chi connectivity index (χ2n) is 12.1. The summed E-state index contributed by atoms with van der Waals surface area (Å²) in [5, 5.41) is 0.865. The van der Waals surface area contributed by atoms with E-state index in [0.29, 0.717) is 22.2 Å². The van der Waals surface area contributed by atoms with Crippen molar-refractivity contribution < 1.29 is 23.8 Å². The largest absolute Gasteiger partial charge is 0.444 e. The molecule has 1 fully saturated rings. The van der Waals surface area contributed by atoms with Gasteiger partial charge in [-0.3, -0.25) is 4.79 Å². The summed E-state index contributed by atoms with van der Waals surface area (Å²) in [6.07, 6.45) is 0.615. The van der Waals surface area contributed by atoms with Crippen molar-refractivity contribution in [1.29, 1.82) is 0 Å². The summed E-state index contributed by atoms with van der Waals surface area (Å²) in [5.74, 6) is -0.178. The summed E-state index contributed by atoms with van der Waals surface area (Å²) in [7, 11) is 1.55. The molecule has 0 bridgehead atoms. The smallest absolute Gasteiger partial charge is 0.410 e. The minimum atomic E-state index is -0.707. The number of hydrogen-bond donors (Lipinski definition) is 0. The van der Waals surface area contributed by atoms with Gasteiger partial charge < -0.3 is 24.0 Å². The quantitative estimate of drug-likeness (QED) is 0.224. The van der Waals surface area contributed by atoms with Crippen LogP contribution in [-0.4, -0.2) is 66.5 Å². The van der Waals surface area contributed by atoms with Gasteiger partial charge in [-0.05, 0) is 68.0 Å². The third-order valence-electron chi connectivity index (χ3n) is 7.58. The molecule has 1 aliphatic heterocycles. The Labute approximate surface area is 269 Å². The molecule has 0 radical (unpaired) electrons. The Balaban J connectivity index is 1.63. The lowest BCUT2D eigenvalue weighted by Crippen LogP contribution is -2.49. The average molecular weight is 638 g/mol. The normalized spacial score (nSPS) is 17.0. The summed E-state index contributed by atoms with van der Waals surface area (Å²) < 4.78 is 17.2. The van der Waals surface area contributed by atoms with Crippen molar-refractivity contribution in [2.45, 2.75) is 57.9 Å². The van der Waals surface area contributed by atoms with Crippen LogP contribution in [-0.2, 0) is 25.5 Å². The molecule has 0 saturated heterocycles. The van der Waals surface area contributed by atoms with Crippen molar-refractivity contribution in [1.82, 2.24) is 9.80 Å². The van der Waals surface area contributed by atoms with Gasteiger partial charge in [0.2, 0.25) is 0 Å². The molecule has 3 aromatic carbocycles. The molecule has 0 spiro atoms. The second kappa shape index (κ2) is 13.7. The number of rotatable bonds is 9. The van der Waals surface area contributed by atoms with Gasteiger partial charge in [0.05, 0.1) is 23.1 Å². The van der Waals surface area contributed by atoms with E-state index in [9.17, 15) is 9.59 Å². The Morgan fingerprint density at radius 1 is 0.932 bits per heavy atom. The molecule has 0 N–H and O–H groups in total. The van der Waals surface area contributed by atoms with Crippen molar-refractivity contribution in [3.8, 4) is 11.1 Å². The maximum absolute atomic E-state index is 14.7. The van der Waals surface area contributed by atoms with Crippen molar-refractivity contribution in [3.63, 3.8) is 0 Å². The molecule has 44 heavy (non-hydrogen) atoms. The molecule has 1 aliphatic carbocycles. The highest BCUT2D eigenvalue weighted by atomic mass is 35.5. The highest BCUT2D eigenvalue weighted by molar-refractivity contribution is 6.42. The van der Waals surface area contributed by atoms with E-state index in [4.69, 9.17) is 37.4 Å². The van der Waals surface area contributed by atoms with Crippen molar-refractivity contribution >= 4 is 40.8 Å². The van der Waals surface area contributed by atoms with Crippen molar-refractivity contribution in [2.75, 3.05) is 27.0 Å². The van der Waals surface area contributed by atoms with Gasteiger partial charge in [0.1, 0.15) is 18.5 Å². The Morgan fingerprint density at radius 3 is 2.30 bits per heavy atom. The van der Waals surface area contributed by atoms with E-state index in [2.05, 4.69) is 6.07 Å².